The van der Waals surface area contributed by atoms with Crippen LogP contribution in [0.15, 0.2) is 43.2 Å². The molecule has 32 heavy (non-hydrogen) atoms. The summed E-state index contributed by atoms with van der Waals surface area (Å²) in [6, 6.07) is 5.38. The Hall–Kier alpha value is -2.81. The highest BCUT2D eigenvalue weighted by molar-refractivity contribution is 6.35. The van der Waals surface area contributed by atoms with Crippen molar-refractivity contribution in [2.75, 3.05) is 18.5 Å². The molecule has 3 atom stereocenters. The van der Waals surface area contributed by atoms with Crippen LogP contribution in [0, 0.1) is 0 Å². The van der Waals surface area contributed by atoms with Gasteiger partial charge in [-0.2, -0.15) is 5.10 Å². The SMILES string of the molecule is C=CC(=O)N[C@H]1CCOC[C@H]1Nc1n[nH]c2ccc(O[C@H](C)c3c(Cl)cncc3Cl)cc12. The minimum absolute atomic E-state index is 0.101. The summed E-state index contributed by atoms with van der Waals surface area (Å²) >= 11 is 12.5. The maximum absolute atomic E-state index is 11.8. The van der Waals surface area contributed by atoms with Crippen molar-refractivity contribution in [2.24, 2.45) is 0 Å². The zero-order chi connectivity index (χ0) is 22.7. The normalized spacial score (nSPS) is 19.3. The number of amides is 1. The van der Waals surface area contributed by atoms with Gasteiger partial charge in [0.05, 0.1) is 34.3 Å². The molecule has 10 heteroatoms. The van der Waals surface area contributed by atoms with Gasteiger partial charge < -0.3 is 20.1 Å². The molecular formula is C22H23Cl2N5O3. The van der Waals surface area contributed by atoms with Gasteiger partial charge in [0.25, 0.3) is 0 Å². The number of benzene rings is 1. The minimum atomic E-state index is -0.385. The number of H-pyrrole nitrogens is 1. The van der Waals surface area contributed by atoms with E-state index in [1.54, 1.807) is 0 Å². The first-order chi connectivity index (χ1) is 15.5. The van der Waals surface area contributed by atoms with Gasteiger partial charge >= 0.3 is 0 Å². The summed E-state index contributed by atoms with van der Waals surface area (Å²) in [4.78, 5) is 15.8. The number of hydrogen-bond acceptors (Lipinski definition) is 6. The molecule has 1 amide bonds. The first-order valence-electron chi connectivity index (χ1n) is 10.2. The largest absolute Gasteiger partial charge is 0.486 e. The number of ether oxygens (including phenoxy) is 2. The molecular weight excluding hydrogens is 453 g/mol. The fourth-order valence-corrected chi connectivity index (χ4v) is 4.39. The topological polar surface area (TPSA) is 101 Å². The zero-order valence-corrected chi connectivity index (χ0v) is 18.9. The summed E-state index contributed by atoms with van der Waals surface area (Å²) in [5, 5.41) is 15.5. The standard InChI is InChI=1S/C22H23Cl2N5O3/c1-3-20(30)26-18-6-7-31-11-19(18)27-22-14-8-13(4-5-17(14)28-29-22)32-12(2)21-15(23)9-25-10-16(21)24/h3-5,8-10,12,18-19H,1,6-7,11H2,2H3,(H,26,30)(H2,27,28,29)/t12-,18+,19-/m1/s1. The number of carbonyl (C=O) groups excluding carboxylic acids is 1. The Labute approximate surface area is 195 Å². The average Bonchev–Trinajstić information content (AvgIpc) is 3.17. The van der Waals surface area contributed by atoms with Gasteiger partial charge in [-0.05, 0) is 37.6 Å². The molecule has 1 aliphatic rings. The van der Waals surface area contributed by atoms with Crippen molar-refractivity contribution in [3.8, 4) is 5.75 Å². The molecule has 1 saturated heterocycles. The molecule has 2 aromatic heterocycles. The summed E-state index contributed by atoms with van der Waals surface area (Å²) in [6.07, 6.45) is 4.65. The van der Waals surface area contributed by atoms with Crippen LogP contribution in [0.3, 0.4) is 0 Å². The monoisotopic (exact) mass is 475 g/mol. The Bertz CT molecular complexity index is 1120. The third-order valence-corrected chi connectivity index (χ3v) is 5.94. The van der Waals surface area contributed by atoms with Crippen molar-refractivity contribution in [3.05, 3.63) is 58.9 Å². The highest BCUT2D eigenvalue weighted by atomic mass is 35.5. The molecule has 0 bridgehead atoms. The van der Waals surface area contributed by atoms with Gasteiger partial charge in [-0.15, -0.1) is 0 Å². The summed E-state index contributed by atoms with van der Waals surface area (Å²) < 4.78 is 11.7. The second-order valence-corrected chi connectivity index (χ2v) is 8.30. The van der Waals surface area contributed by atoms with E-state index in [0.29, 0.717) is 46.8 Å². The molecule has 1 aliphatic heterocycles. The maximum Gasteiger partial charge on any atom is 0.243 e. The molecule has 168 valence electrons. The maximum atomic E-state index is 11.8. The van der Waals surface area contributed by atoms with Crippen molar-refractivity contribution in [1.82, 2.24) is 20.5 Å². The number of halogens is 2. The Kier molecular flexibility index (Phi) is 6.83. The number of aromatic nitrogens is 3. The number of rotatable bonds is 7. The molecule has 0 saturated carbocycles. The molecule has 1 aromatic carbocycles. The van der Waals surface area contributed by atoms with E-state index in [4.69, 9.17) is 32.7 Å². The minimum Gasteiger partial charge on any atom is -0.486 e. The number of fused-ring (bicyclic) bond motifs is 1. The smallest absolute Gasteiger partial charge is 0.243 e. The van der Waals surface area contributed by atoms with Crippen LogP contribution in [0.4, 0.5) is 5.82 Å². The Morgan fingerprint density at radius 3 is 2.88 bits per heavy atom. The van der Waals surface area contributed by atoms with Gasteiger partial charge in [0.2, 0.25) is 5.91 Å². The highest BCUT2D eigenvalue weighted by Gasteiger charge is 2.28. The number of nitrogens with zero attached hydrogens (tertiary/aromatic N) is 2. The second-order valence-electron chi connectivity index (χ2n) is 7.49. The van der Waals surface area contributed by atoms with E-state index in [1.807, 2.05) is 25.1 Å². The van der Waals surface area contributed by atoms with Crippen LogP contribution in [0.25, 0.3) is 10.9 Å². The molecule has 3 aromatic rings. The predicted octanol–water partition coefficient (Wildman–Crippen LogP) is 4.28. The van der Waals surface area contributed by atoms with Gasteiger partial charge in [-0.3, -0.25) is 14.9 Å². The summed E-state index contributed by atoms with van der Waals surface area (Å²) in [5.41, 5.74) is 1.52. The lowest BCUT2D eigenvalue weighted by Gasteiger charge is -2.32. The average molecular weight is 476 g/mol. The molecule has 0 spiro atoms. The van der Waals surface area contributed by atoms with Crippen molar-refractivity contribution in [1.29, 1.82) is 0 Å². The fourth-order valence-electron chi connectivity index (χ4n) is 3.72. The number of hydrogen-bond donors (Lipinski definition) is 3. The molecule has 0 aliphatic carbocycles. The van der Waals surface area contributed by atoms with Gasteiger partial charge in [0.15, 0.2) is 5.82 Å². The lowest BCUT2D eigenvalue weighted by molar-refractivity contribution is -0.117. The molecule has 4 rings (SSSR count). The Morgan fingerprint density at radius 2 is 2.12 bits per heavy atom. The van der Waals surface area contributed by atoms with Crippen LogP contribution in [0.2, 0.25) is 10.0 Å². The quantitative estimate of drug-likeness (QED) is 0.441. The van der Waals surface area contributed by atoms with Crippen LogP contribution in [0.1, 0.15) is 25.0 Å². The number of nitrogens with one attached hydrogen (secondary N) is 3. The highest BCUT2D eigenvalue weighted by Crippen LogP contribution is 2.34. The van der Waals surface area contributed by atoms with Gasteiger partial charge in [-0.1, -0.05) is 29.8 Å². The molecule has 1 fully saturated rings. The van der Waals surface area contributed by atoms with Crippen molar-refractivity contribution < 1.29 is 14.3 Å². The van der Waals surface area contributed by atoms with E-state index in [-0.39, 0.29) is 24.1 Å². The summed E-state index contributed by atoms with van der Waals surface area (Å²) in [7, 11) is 0. The van der Waals surface area contributed by atoms with E-state index >= 15 is 0 Å². The summed E-state index contributed by atoms with van der Waals surface area (Å²) in [5.74, 6) is 1.06. The van der Waals surface area contributed by atoms with E-state index < -0.39 is 0 Å². The molecule has 0 radical (unpaired) electrons. The Morgan fingerprint density at radius 1 is 1.34 bits per heavy atom. The van der Waals surface area contributed by atoms with E-state index in [9.17, 15) is 4.79 Å². The van der Waals surface area contributed by atoms with Crippen LogP contribution in [-0.2, 0) is 9.53 Å². The van der Waals surface area contributed by atoms with Gasteiger partial charge in [-0.25, -0.2) is 0 Å². The van der Waals surface area contributed by atoms with Crippen LogP contribution in [0.5, 0.6) is 5.75 Å². The summed E-state index contributed by atoms with van der Waals surface area (Å²) in [6.45, 7) is 6.42. The number of pyridine rings is 1. The molecule has 0 unspecified atom stereocenters. The van der Waals surface area contributed by atoms with Crippen LogP contribution >= 0.6 is 23.2 Å². The lowest BCUT2D eigenvalue weighted by atomic mass is 10.0. The Balaban J connectivity index is 1.55. The first-order valence-corrected chi connectivity index (χ1v) is 10.9. The van der Waals surface area contributed by atoms with E-state index in [1.165, 1.54) is 18.5 Å². The number of carbonyl (C=O) groups is 1. The van der Waals surface area contributed by atoms with Crippen molar-refractivity contribution >= 4 is 45.8 Å². The van der Waals surface area contributed by atoms with E-state index in [2.05, 4.69) is 32.4 Å². The third-order valence-electron chi connectivity index (χ3n) is 5.34. The van der Waals surface area contributed by atoms with Gasteiger partial charge in [0, 0.05) is 30.0 Å². The predicted molar refractivity (Wildman–Crippen MR) is 124 cm³/mol. The van der Waals surface area contributed by atoms with Crippen LogP contribution in [-0.4, -0.2) is 46.4 Å². The molecule has 3 heterocycles. The number of aromatic amines is 1. The molecule has 8 nitrogen and oxygen atoms in total. The second kappa shape index (κ2) is 9.77. The number of anilines is 1. The van der Waals surface area contributed by atoms with Crippen molar-refractivity contribution in [2.45, 2.75) is 31.5 Å². The fraction of sp³-hybridized carbons (Fsp3) is 0.318. The van der Waals surface area contributed by atoms with E-state index in [0.717, 1.165) is 10.9 Å². The third kappa shape index (κ3) is 4.82. The molecule has 3 N–H and O–H groups in total. The van der Waals surface area contributed by atoms with Gasteiger partial charge in [0.1, 0.15) is 11.9 Å². The van der Waals surface area contributed by atoms with Crippen LogP contribution < -0.4 is 15.4 Å². The zero-order valence-electron chi connectivity index (χ0n) is 17.4. The lowest BCUT2D eigenvalue weighted by Crippen LogP contribution is -2.51. The van der Waals surface area contributed by atoms with Crippen molar-refractivity contribution in [3.63, 3.8) is 0 Å². The first kappa shape index (κ1) is 22.4.